The first kappa shape index (κ1) is 45.7. The predicted molar refractivity (Wildman–Crippen MR) is 221 cm³/mol. The zero-order valence-electron chi connectivity index (χ0n) is 33.3. The quantitative estimate of drug-likeness (QED) is 0.0920. The maximum absolute atomic E-state index is 15.8. The van der Waals surface area contributed by atoms with Crippen LogP contribution < -0.4 is 0 Å². The number of rotatable bonds is 12. The van der Waals surface area contributed by atoms with Crippen LogP contribution in [-0.4, -0.2) is 49.5 Å². The van der Waals surface area contributed by atoms with Gasteiger partial charge >= 0.3 is 24.3 Å². The number of aryl methyl sites for hydroxylation is 2. The zero-order chi connectivity index (χ0) is 45.4. The molecule has 0 spiro atoms. The average Bonchev–Trinajstić information content (AvgIpc) is 3.21. The van der Waals surface area contributed by atoms with E-state index in [1.54, 1.807) is 30.3 Å². The third-order valence-corrected chi connectivity index (χ3v) is 11.5. The van der Waals surface area contributed by atoms with Gasteiger partial charge in [-0.05, 0) is 95.3 Å². The van der Waals surface area contributed by atoms with Crippen molar-refractivity contribution in [1.29, 1.82) is 0 Å². The van der Waals surface area contributed by atoms with Gasteiger partial charge in [-0.1, -0.05) is 91.6 Å². The van der Waals surface area contributed by atoms with E-state index in [1.165, 1.54) is 82.7 Å². The van der Waals surface area contributed by atoms with Crippen molar-refractivity contribution in [3.8, 4) is 22.3 Å². The van der Waals surface area contributed by atoms with E-state index < -0.39 is 64.1 Å². The Morgan fingerprint density at radius 3 is 1.63 bits per heavy atom. The topological polar surface area (TPSA) is 123 Å². The first-order valence-electron chi connectivity index (χ1n) is 18.9. The Labute approximate surface area is 362 Å². The van der Waals surface area contributed by atoms with Crippen molar-refractivity contribution in [2.75, 3.05) is 0 Å². The highest BCUT2D eigenvalue weighted by Crippen LogP contribution is 2.54. The molecule has 0 bridgehead atoms. The number of hydrogen-bond acceptors (Lipinski definition) is 7. The largest absolute Gasteiger partial charge is 0.481 e. The standard InChI is InChI=1S/C46H37Cl2F6N3O5/c1-25-19-34(15-17-55-25)43(61,45(49,50)51)27(3)36-12-10-32(23-38(36)47)33-11-14-40(57-24-33)42(60)62-44(46(52,53)54,35-16-18-56-26(2)20-35)28(4)37-13-9-31(22-39(37)48)30-7-5-29(6-8-30)21-41(58)59/h5-20,22-24,27-28,61H,21H2,1-4H3,(H,58,59). The third kappa shape index (κ3) is 8.90. The van der Waals surface area contributed by atoms with Gasteiger partial charge in [-0.3, -0.25) is 14.8 Å². The van der Waals surface area contributed by atoms with Crippen LogP contribution in [0, 0.1) is 13.8 Å². The number of hydrogen-bond donors (Lipinski definition) is 2. The van der Waals surface area contributed by atoms with Crippen LogP contribution in [0.2, 0.25) is 10.0 Å². The van der Waals surface area contributed by atoms with Crippen LogP contribution in [0.4, 0.5) is 26.3 Å². The zero-order valence-corrected chi connectivity index (χ0v) is 34.8. The number of carboxylic acid groups (broad SMARTS) is 1. The number of aromatic nitrogens is 3. The second kappa shape index (κ2) is 17.5. The summed E-state index contributed by atoms with van der Waals surface area (Å²) in [7, 11) is 0. The second-order valence-electron chi connectivity index (χ2n) is 14.9. The summed E-state index contributed by atoms with van der Waals surface area (Å²) in [6.07, 6.45) is -7.02. The Hall–Kier alpha value is -5.83. The molecule has 0 saturated heterocycles. The van der Waals surface area contributed by atoms with Gasteiger partial charge in [0, 0.05) is 63.0 Å². The van der Waals surface area contributed by atoms with E-state index in [0.717, 1.165) is 30.3 Å². The molecule has 0 radical (unpaired) electrons. The van der Waals surface area contributed by atoms with E-state index >= 15 is 13.2 Å². The molecular formula is C46H37Cl2F6N3O5. The number of ether oxygens (including phenoxy) is 1. The molecule has 3 aromatic carbocycles. The summed E-state index contributed by atoms with van der Waals surface area (Å²) in [5.41, 5.74) is -5.17. The van der Waals surface area contributed by atoms with Crippen molar-refractivity contribution in [2.24, 2.45) is 0 Å². The third-order valence-electron chi connectivity index (χ3n) is 10.9. The van der Waals surface area contributed by atoms with Crippen LogP contribution in [0.1, 0.15) is 75.4 Å². The van der Waals surface area contributed by atoms with Gasteiger partial charge in [0.05, 0.1) is 6.42 Å². The minimum atomic E-state index is -5.23. The Morgan fingerprint density at radius 1 is 0.645 bits per heavy atom. The van der Waals surface area contributed by atoms with Crippen LogP contribution in [0.5, 0.6) is 0 Å². The summed E-state index contributed by atoms with van der Waals surface area (Å²) in [4.78, 5) is 37.0. The molecule has 322 valence electrons. The van der Waals surface area contributed by atoms with Gasteiger partial charge < -0.3 is 14.9 Å². The lowest BCUT2D eigenvalue weighted by atomic mass is 9.77. The Kier molecular flexibility index (Phi) is 12.9. The number of aliphatic carboxylic acids is 1. The van der Waals surface area contributed by atoms with E-state index in [0.29, 0.717) is 27.8 Å². The fourth-order valence-electron chi connectivity index (χ4n) is 7.52. The van der Waals surface area contributed by atoms with Gasteiger partial charge in [-0.15, -0.1) is 0 Å². The molecule has 0 fully saturated rings. The number of esters is 1. The summed E-state index contributed by atoms with van der Waals surface area (Å²) in [5.74, 6) is -5.66. The Bertz CT molecular complexity index is 2630. The minimum Gasteiger partial charge on any atom is -0.481 e. The molecule has 2 N–H and O–H groups in total. The molecule has 3 aromatic heterocycles. The number of carbonyl (C=O) groups is 2. The summed E-state index contributed by atoms with van der Waals surface area (Å²) >= 11 is 13.3. The number of alkyl halides is 6. The molecule has 3 heterocycles. The molecule has 0 saturated carbocycles. The molecule has 0 amide bonds. The van der Waals surface area contributed by atoms with E-state index in [4.69, 9.17) is 33.0 Å². The minimum absolute atomic E-state index is 0.0000177. The van der Waals surface area contributed by atoms with Crippen LogP contribution in [0.25, 0.3) is 22.3 Å². The number of nitrogens with zero attached hydrogens (tertiary/aromatic N) is 3. The normalized spacial score (nSPS) is 14.9. The van der Waals surface area contributed by atoms with E-state index in [2.05, 4.69) is 15.0 Å². The highest BCUT2D eigenvalue weighted by Gasteiger charge is 2.64. The lowest BCUT2D eigenvalue weighted by molar-refractivity contribution is -0.274. The second-order valence-corrected chi connectivity index (χ2v) is 15.7. The van der Waals surface area contributed by atoms with Gasteiger partial charge in [0.2, 0.25) is 5.60 Å². The van der Waals surface area contributed by atoms with Gasteiger partial charge in [-0.25, -0.2) is 9.78 Å². The van der Waals surface area contributed by atoms with Gasteiger partial charge in [-0.2, -0.15) is 26.3 Å². The Morgan fingerprint density at radius 2 is 1.15 bits per heavy atom. The highest BCUT2D eigenvalue weighted by atomic mass is 35.5. The first-order valence-corrected chi connectivity index (χ1v) is 19.6. The van der Waals surface area contributed by atoms with Crippen molar-refractivity contribution in [1.82, 2.24) is 15.0 Å². The van der Waals surface area contributed by atoms with E-state index in [1.807, 2.05) is 0 Å². The summed E-state index contributed by atoms with van der Waals surface area (Å²) in [6.45, 7) is 5.40. The van der Waals surface area contributed by atoms with E-state index in [-0.39, 0.29) is 39.0 Å². The number of carbonyl (C=O) groups excluding carboxylic acids is 1. The van der Waals surface area contributed by atoms with Crippen molar-refractivity contribution < 1.29 is 50.9 Å². The molecule has 4 unspecified atom stereocenters. The number of carboxylic acids is 1. The molecule has 6 aromatic rings. The lowest BCUT2D eigenvalue weighted by Crippen LogP contribution is -2.50. The van der Waals surface area contributed by atoms with Crippen molar-refractivity contribution in [3.63, 3.8) is 0 Å². The van der Waals surface area contributed by atoms with Crippen molar-refractivity contribution >= 4 is 35.1 Å². The van der Waals surface area contributed by atoms with Crippen molar-refractivity contribution in [3.05, 3.63) is 171 Å². The molecule has 0 aliphatic rings. The summed E-state index contributed by atoms with van der Waals surface area (Å²) < 4.78 is 96.5. The smallest absolute Gasteiger partial charge is 0.433 e. The fourth-order valence-corrected chi connectivity index (χ4v) is 8.20. The summed E-state index contributed by atoms with van der Waals surface area (Å²) in [6, 6.07) is 22.1. The number of pyridine rings is 3. The molecule has 0 aliphatic carbocycles. The summed E-state index contributed by atoms with van der Waals surface area (Å²) in [5, 5.41) is 20.1. The molecule has 8 nitrogen and oxygen atoms in total. The van der Waals surface area contributed by atoms with Crippen molar-refractivity contribution in [2.45, 2.75) is 69.5 Å². The molecule has 16 heteroatoms. The van der Waals surface area contributed by atoms with Gasteiger partial charge in [0.15, 0.2) is 5.60 Å². The lowest BCUT2D eigenvalue weighted by Gasteiger charge is -2.40. The fraction of sp³-hybridized carbons (Fsp3) is 0.239. The Balaban J connectivity index is 1.31. The highest BCUT2D eigenvalue weighted by molar-refractivity contribution is 6.32. The molecule has 62 heavy (non-hydrogen) atoms. The SMILES string of the molecule is Cc1cc(C(O)(C(C)c2ccc(-c3ccc(C(=O)OC(c4ccnc(C)c4)(C(C)c4ccc(-c5ccc(CC(=O)O)cc5)cc4Cl)C(F)(F)F)nc3)cc2Cl)C(F)(F)F)ccn1. The molecular weight excluding hydrogens is 859 g/mol. The van der Waals surface area contributed by atoms with Crippen LogP contribution >= 0.6 is 23.2 Å². The first-order chi connectivity index (χ1) is 29.1. The van der Waals surface area contributed by atoms with Crippen LogP contribution in [0.15, 0.2) is 116 Å². The molecule has 6 rings (SSSR count). The number of aliphatic hydroxyl groups is 1. The maximum Gasteiger partial charge on any atom is 0.433 e. The molecule has 0 aliphatic heterocycles. The van der Waals surface area contributed by atoms with E-state index in [9.17, 15) is 27.9 Å². The van der Waals surface area contributed by atoms with Crippen LogP contribution in [-0.2, 0) is 27.2 Å². The van der Waals surface area contributed by atoms with Crippen LogP contribution in [0.3, 0.4) is 0 Å². The average molecular weight is 897 g/mol. The maximum atomic E-state index is 15.8. The van der Waals surface area contributed by atoms with Gasteiger partial charge in [0.1, 0.15) is 5.69 Å². The monoisotopic (exact) mass is 895 g/mol. The molecule has 4 atom stereocenters. The predicted octanol–water partition coefficient (Wildman–Crippen LogP) is 11.7. The van der Waals surface area contributed by atoms with Gasteiger partial charge in [0.25, 0.3) is 0 Å². The number of halogens is 8. The number of benzene rings is 3.